The zero-order valence-electron chi connectivity index (χ0n) is 16.4. The smallest absolute Gasteiger partial charge is 0.194 e. The van der Waals surface area contributed by atoms with E-state index in [0.29, 0.717) is 13.2 Å². The highest BCUT2D eigenvalue weighted by Gasteiger charge is 2.26. The first-order valence-electron chi connectivity index (χ1n) is 9.53. The number of ether oxygens (including phenoxy) is 1. The SMILES string of the molecule is CCN(CC)CC1CCN(C(=NCCOC)NCCc2ccco2)C1.I. The van der Waals surface area contributed by atoms with Crippen LogP contribution in [-0.4, -0.2) is 75.3 Å². The van der Waals surface area contributed by atoms with E-state index in [1.807, 2.05) is 12.1 Å². The Hall–Kier alpha value is -0.800. The van der Waals surface area contributed by atoms with Crippen molar-refractivity contribution in [2.45, 2.75) is 26.7 Å². The van der Waals surface area contributed by atoms with E-state index >= 15 is 0 Å². The number of nitrogens with one attached hydrogen (secondary N) is 1. The van der Waals surface area contributed by atoms with Gasteiger partial charge >= 0.3 is 0 Å². The van der Waals surface area contributed by atoms with Gasteiger partial charge in [-0.2, -0.15) is 0 Å². The van der Waals surface area contributed by atoms with Crippen LogP contribution in [0.25, 0.3) is 0 Å². The van der Waals surface area contributed by atoms with Crippen LogP contribution in [0, 0.1) is 5.92 Å². The molecule has 1 unspecified atom stereocenters. The van der Waals surface area contributed by atoms with Crippen LogP contribution >= 0.6 is 24.0 Å². The second-order valence-corrected chi connectivity index (χ2v) is 6.54. The molecule has 2 heterocycles. The fraction of sp³-hybridized carbons (Fsp3) is 0.737. The predicted molar refractivity (Wildman–Crippen MR) is 117 cm³/mol. The van der Waals surface area contributed by atoms with E-state index in [1.165, 1.54) is 13.0 Å². The maximum absolute atomic E-state index is 5.41. The number of hydrogen-bond donors (Lipinski definition) is 1. The van der Waals surface area contributed by atoms with Crippen LogP contribution in [-0.2, 0) is 11.2 Å². The van der Waals surface area contributed by atoms with Crippen molar-refractivity contribution in [3.63, 3.8) is 0 Å². The van der Waals surface area contributed by atoms with Crippen LogP contribution in [0.1, 0.15) is 26.0 Å². The summed E-state index contributed by atoms with van der Waals surface area (Å²) in [5.74, 6) is 2.73. The van der Waals surface area contributed by atoms with Gasteiger partial charge in [-0.3, -0.25) is 4.99 Å². The van der Waals surface area contributed by atoms with Gasteiger partial charge in [0.1, 0.15) is 5.76 Å². The van der Waals surface area contributed by atoms with E-state index in [-0.39, 0.29) is 24.0 Å². The number of hydrogen-bond acceptors (Lipinski definition) is 4. The molecule has 1 aliphatic rings. The van der Waals surface area contributed by atoms with Gasteiger partial charge in [-0.05, 0) is 37.6 Å². The van der Waals surface area contributed by atoms with Gasteiger partial charge in [-0.15, -0.1) is 24.0 Å². The van der Waals surface area contributed by atoms with Gasteiger partial charge < -0.3 is 24.3 Å². The largest absolute Gasteiger partial charge is 0.469 e. The maximum atomic E-state index is 5.41. The van der Waals surface area contributed by atoms with Crippen molar-refractivity contribution in [3.05, 3.63) is 24.2 Å². The first-order valence-corrected chi connectivity index (χ1v) is 9.53. The number of likely N-dealkylation sites (tertiary alicyclic amines) is 1. The molecule has 26 heavy (non-hydrogen) atoms. The first-order chi connectivity index (χ1) is 12.3. The monoisotopic (exact) mass is 478 g/mol. The van der Waals surface area contributed by atoms with Crippen molar-refractivity contribution in [2.24, 2.45) is 10.9 Å². The number of furan rings is 1. The Labute approximate surface area is 175 Å². The van der Waals surface area contributed by atoms with Crippen molar-refractivity contribution in [3.8, 4) is 0 Å². The quantitative estimate of drug-likeness (QED) is 0.243. The van der Waals surface area contributed by atoms with Gasteiger partial charge in [-0.1, -0.05) is 13.8 Å². The van der Waals surface area contributed by atoms with E-state index in [4.69, 9.17) is 14.1 Å². The van der Waals surface area contributed by atoms with Crippen LogP contribution in [0.3, 0.4) is 0 Å². The maximum Gasteiger partial charge on any atom is 0.194 e. The topological polar surface area (TPSA) is 53.2 Å². The molecule has 0 amide bonds. The summed E-state index contributed by atoms with van der Waals surface area (Å²) < 4.78 is 10.6. The highest BCUT2D eigenvalue weighted by Crippen LogP contribution is 2.17. The van der Waals surface area contributed by atoms with Gasteiger partial charge in [0, 0.05) is 39.7 Å². The van der Waals surface area contributed by atoms with Crippen LogP contribution in [0.5, 0.6) is 0 Å². The second kappa shape index (κ2) is 13.4. The Morgan fingerprint density at radius 2 is 2.23 bits per heavy atom. The lowest BCUT2D eigenvalue weighted by Crippen LogP contribution is -2.42. The van der Waals surface area contributed by atoms with Crippen molar-refractivity contribution >= 4 is 29.9 Å². The Morgan fingerprint density at radius 3 is 2.88 bits per heavy atom. The van der Waals surface area contributed by atoms with Crippen molar-refractivity contribution in [1.29, 1.82) is 0 Å². The molecule has 1 fully saturated rings. The lowest BCUT2D eigenvalue weighted by molar-refractivity contribution is 0.207. The van der Waals surface area contributed by atoms with Crippen LogP contribution in [0.4, 0.5) is 0 Å². The van der Waals surface area contributed by atoms with E-state index in [0.717, 1.165) is 56.8 Å². The number of nitrogens with zero attached hydrogens (tertiary/aromatic N) is 3. The van der Waals surface area contributed by atoms with Gasteiger partial charge in [0.2, 0.25) is 0 Å². The predicted octanol–water partition coefficient (Wildman–Crippen LogP) is 2.70. The lowest BCUT2D eigenvalue weighted by Gasteiger charge is -2.24. The molecule has 0 saturated carbocycles. The molecular formula is C19H35IN4O2. The molecule has 1 saturated heterocycles. The number of rotatable bonds is 10. The highest BCUT2D eigenvalue weighted by molar-refractivity contribution is 14.0. The molecule has 0 aliphatic carbocycles. The average molecular weight is 478 g/mol. The molecule has 1 aliphatic heterocycles. The third kappa shape index (κ3) is 7.84. The molecule has 0 aromatic carbocycles. The minimum Gasteiger partial charge on any atom is -0.469 e. The van der Waals surface area contributed by atoms with Crippen LogP contribution in [0.2, 0.25) is 0 Å². The number of halogens is 1. The van der Waals surface area contributed by atoms with Crippen molar-refractivity contribution in [1.82, 2.24) is 15.1 Å². The Balaban J connectivity index is 0.00000338. The number of aliphatic imine (C=N–C) groups is 1. The Bertz CT molecular complexity index is 492. The molecule has 0 spiro atoms. The number of guanidine groups is 1. The summed E-state index contributed by atoms with van der Waals surface area (Å²) in [7, 11) is 1.72. The lowest BCUT2D eigenvalue weighted by atomic mass is 10.1. The first kappa shape index (κ1) is 23.2. The fourth-order valence-electron chi connectivity index (χ4n) is 3.28. The van der Waals surface area contributed by atoms with Gasteiger partial charge in [0.25, 0.3) is 0 Å². The summed E-state index contributed by atoms with van der Waals surface area (Å²) >= 11 is 0. The molecular weight excluding hydrogens is 443 g/mol. The van der Waals surface area contributed by atoms with E-state index < -0.39 is 0 Å². The summed E-state index contributed by atoms with van der Waals surface area (Å²) in [5, 5.41) is 3.51. The molecule has 150 valence electrons. The standard InChI is InChI=1S/C19H34N4O2.HI/c1-4-22(5-2)15-17-9-12-23(16-17)19(21-11-14-24-3)20-10-8-18-7-6-13-25-18;/h6-7,13,17H,4-5,8-12,14-16H2,1-3H3,(H,20,21);1H. The van der Waals surface area contributed by atoms with Gasteiger partial charge in [0.05, 0.1) is 19.4 Å². The summed E-state index contributed by atoms with van der Waals surface area (Å²) in [6, 6.07) is 3.95. The zero-order chi connectivity index (χ0) is 17.9. The molecule has 0 bridgehead atoms. The van der Waals surface area contributed by atoms with Crippen molar-refractivity contribution in [2.75, 3.05) is 59.5 Å². The zero-order valence-corrected chi connectivity index (χ0v) is 18.8. The minimum atomic E-state index is 0. The van der Waals surface area contributed by atoms with Crippen LogP contribution < -0.4 is 5.32 Å². The molecule has 1 N–H and O–H groups in total. The van der Waals surface area contributed by atoms with Crippen LogP contribution in [0.15, 0.2) is 27.8 Å². The second-order valence-electron chi connectivity index (χ2n) is 6.54. The molecule has 1 atom stereocenters. The summed E-state index contributed by atoms with van der Waals surface area (Å²) in [4.78, 5) is 9.64. The highest BCUT2D eigenvalue weighted by atomic mass is 127. The molecule has 6 nitrogen and oxygen atoms in total. The molecule has 1 aromatic rings. The molecule has 7 heteroatoms. The normalized spacial score (nSPS) is 17.6. The van der Waals surface area contributed by atoms with E-state index in [1.54, 1.807) is 13.4 Å². The van der Waals surface area contributed by atoms with Crippen molar-refractivity contribution < 1.29 is 9.15 Å². The number of methoxy groups -OCH3 is 1. The third-order valence-electron chi connectivity index (χ3n) is 4.79. The minimum absolute atomic E-state index is 0. The van der Waals surface area contributed by atoms with Gasteiger partial charge in [-0.25, -0.2) is 0 Å². The third-order valence-corrected chi connectivity index (χ3v) is 4.79. The summed E-state index contributed by atoms with van der Waals surface area (Å²) in [5.41, 5.74) is 0. The summed E-state index contributed by atoms with van der Waals surface area (Å²) in [6.07, 6.45) is 3.83. The molecule has 0 radical (unpaired) electrons. The Kier molecular flexibility index (Phi) is 12.0. The summed E-state index contributed by atoms with van der Waals surface area (Å²) in [6.45, 7) is 12.2. The molecule has 1 aromatic heterocycles. The van der Waals surface area contributed by atoms with E-state index in [2.05, 4.69) is 29.0 Å². The van der Waals surface area contributed by atoms with Gasteiger partial charge in [0.15, 0.2) is 5.96 Å². The Morgan fingerprint density at radius 1 is 1.42 bits per heavy atom. The fourth-order valence-corrected chi connectivity index (χ4v) is 3.28. The van der Waals surface area contributed by atoms with E-state index in [9.17, 15) is 0 Å². The average Bonchev–Trinajstić information content (AvgIpc) is 3.30. The molecule has 2 rings (SSSR count).